The predicted octanol–water partition coefficient (Wildman–Crippen LogP) is -5.84. The molecular formula is C7H10N8NaO10S-. The summed E-state index contributed by atoms with van der Waals surface area (Å²) >= 11 is 0. The smallest absolute Gasteiger partial charge is 0.541 e. The van der Waals surface area contributed by atoms with Gasteiger partial charge in [-0.1, -0.05) is 0 Å². The number of aromatic carboxylic acids is 2. The van der Waals surface area contributed by atoms with E-state index in [2.05, 4.69) is 30.4 Å². The number of aryl methyl sites for hydroxylation is 1. The van der Waals surface area contributed by atoms with Gasteiger partial charge in [0.1, 0.15) is 11.8 Å². The van der Waals surface area contributed by atoms with Gasteiger partial charge in [-0.15, -0.1) is 10.4 Å². The average molecular weight is 421 g/mol. The molecule has 0 aliphatic rings. The molecule has 0 radical (unpaired) electrons. The van der Waals surface area contributed by atoms with Crippen molar-refractivity contribution in [3.05, 3.63) is 27.6 Å². The van der Waals surface area contributed by atoms with Crippen molar-refractivity contribution in [1.82, 2.24) is 30.4 Å². The third kappa shape index (κ3) is 19.5. The zero-order chi connectivity index (χ0) is 20.9. The van der Waals surface area contributed by atoms with Crippen LogP contribution in [0.25, 0.3) is 0 Å². The van der Waals surface area contributed by atoms with Gasteiger partial charge >= 0.3 is 45.9 Å². The van der Waals surface area contributed by atoms with Gasteiger partial charge in [-0.2, -0.15) is 18.5 Å². The maximum absolute atomic E-state index is 10.0. The van der Waals surface area contributed by atoms with E-state index >= 15 is 0 Å². The molecule has 0 saturated carbocycles. The first-order valence-electron chi connectivity index (χ1n) is 5.48. The van der Waals surface area contributed by atoms with Gasteiger partial charge in [-0.05, 0) is 6.92 Å². The number of nitrogen functional groups attached to an aromatic ring is 1. The summed E-state index contributed by atoms with van der Waals surface area (Å²) in [7, 11) is -4.67. The van der Waals surface area contributed by atoms with Gasteiger partial charge in [-0.25, -0.2) is 9.78 Å². The molecular weight excluding hydrogens is 411 g/mol. The second-order valence-corrected chi connectivity index (χ2v) is 4.30. The molecule has 0 atom stereocenters. The minimum absolute atomic E-state index is 0. The second-order valence-electron chi connectivity index (χ2n) is 3.40. The first-order chi connectivity index (χ1) is 11.8. The summed E-state index contributed by atoms with van der Waals surface area (Å²) in [5.41, 5.74) is 5.00. The molecule has 0 spiro atoms. The van der Waals surface area contributed by atoms with Gasteiger partial charge in [0.15, 0.2) is 5.82 Å². The van der Waals surface area contributed by atoms with Crippen molar-refractivity contribution >= 4 is 28.3 Å². The minimum atomic E-state index is -4.67. The van der Waals surface area contributed by atoms with Gasteiger partial charge in [0.05, 0.1) is 0 Å². The standard InChI is InChI=1S/C4H5N3O2.C3H4N4O2.HNO2.Na.H2O4S/c1-2-5-3(4(8)9)7-6-2;4-3-5-1(2(8)9)6-7-3;2-1-3;;1-5(2,3)4/h1H3,(H,8,9)(H,5,6,7);(H,8,9)(H3,4,5,6,7);(H,2,3);;(H2,1,2,3,4)/q;;;+1;/p-2. The number of carboxylic acid groups (broad SMARTS) is 2. The molecule has 0 saturated heterocycles. The van der Waals surface area contributed by atoms with E-state index in [1.165, 1.54) is 0 Å². The number of hydrogen-bond donors (Lipinski definition) is 6. The zero-order valence-corrected chi connectivity index (χ0v) is 16.2. The number of carbonyl (C=O) groups is 2. The van der Waals surface area contributed by atoms with Crippen molar-refractivity contribution in [1.29, 1.82) is 0 Å². The Bertz CT molecular complexity index is 761. The van der Waals surface area contributed by atoms with Crippen LogP contribution in [-0.2, 0) is 10.4 Å². The molecule has 2 heterocycles. The molecule has 146 valence electrons. The van der Waals surface area contributed by atoms with Crippen LogP contribution in [0.3, 0.4) is 0 Å². The van der Waals surface area contributed by atoms with E-state index in [-0.39, 0.29) is 47.2 Å². The van der Waals surface area contributed by atoms with Gasteiger partial charge < -0.3 is 30.9 Å². The predicted molar refractivity (Wildman–Crippen MR) is 76.5 cm³/mol. The molecule has 0 aliphatic heterocycles. The molecule has 2 aromatic rings. The van der Waals surface area contributed by atoms with Gasteiger partial charge in [0, 0.05) is 0 Å². The van der Waals surface area contributed by atoms with Crippen molar-refractivity contribution in [2.75, 3.05) is 5.73 Å². The fourth-order valence-electron chi connectivity index (χ4n) is 0.804. The van der Waals surface area contributed by atoms with E-state index < -0.39 is 22.3 Å². The number of anilines is 1. The van der Waals surface area contributed by atoms with E-state index in [4.69, 9.17) is 38.5 Å². The van der Waals surface area contributed by atoms with E-state index in [1.54, 1.807) is 6.92 Å². The maximum atomic E-state index is 10.0. The van der Waals surface area contributed by atoms with E-state index in [1.807, 2.05) is 0 Å². The number of nitrogens with two attached hydrogens (primary N) is 1. The summed E-state index contributed by atoms with van der Waals surface area (Å²) in [6.45, 7) is 1.61. The first-order valence-corrected chi connectivity index (χ1v) is 6.87. The van der Waals surface area contributed by atoms with Crippen LogP contribution in [-0.4, -0.2) is 64.9 Å². The Morgan fingerprint density at radius 2 is 1.63 bits per heavy atom. The summed E-state index contributed by atoms with van der Waals surface area (Å²) in [6.07, 6.45) is 0. The van der Waals surface area contributed by atoms with Crippen LogP contribution in [0.15, 0.2) is 5.34 Å². The van der Waals surface area contributed by atoms with Crippen molar-refractivity contribution in [2.45, 2.75) is 6.92 Å². The third-order valence-electron chi connectivity index (χ3n) is 1.49. The average Bonchev–Trinajstić information content (AvgIpc) is 3.07. The fraction of sp³-hybridized carbons (Fsp3) is 0.143. The monoisotopic (exact) mass is 421 g/mol. The Kier molecular flexibility index (Phi) is 15.6. The second kappa shape index (κ2) is 14.5. The van der Waals surface area contributed by atoms with E-state index in [9.17, 15) is 14.7 Å². The maximum Gasteiger partial charge on any atom is 1.00 e. The Morgan fingerprint density at radius 3 is 1.78 bits per heavy atom. The Hall–Kier alpha value is -2.71. The molecule has 7 N–H and O–H groups in total. The SMILES string of the molecule is Cc1nc(C(=O)[O-])n[nH]1.Nc1n[nH]c(C(=O)O)n1.O=N[O-].O=S(=O)(O)O.[Na+]. The molecule has 20 heteroatoms. The molecule has 18 nitrogen and oxygen atoms in total. The molecule has 27 heavy (non-hydrogen) atoms. The summed E-state index contributed by atoms with van der Waals surface area (Å²) in [6, 6.07) is 0. The molecule has 0 amide bonds. The van der Waals surface area contributed by atoms with Crippen LogP contribution in [0.1, 0.15) is 27.1 Å². The summed E-state index contributed by atoms with van der Waals surface area (Å²) in [5.74, 6) is -2.67. The van der Waals surface area contributed by atoms with Crippen LogP contribution in [0.5, 0.6) is 0 Å². The van der Waals surface area contributed by atoms with Gasteiger partial charge in [0.25, 0.3) is 0 Å². The van der Waals surface area contributed by atoms with Gasteiger partial charge in [-0.3, -0.25) is 19.3 Å². The Balaban J connectivity index is -0.000000304. The molecule has 2 aromatic heterocycles. The number of aromatic nitrogens is 6. The van der Waals surface area contributed by atoms with Crippen LogP contribution < -0.4 is 40.4 Å². The largest absolute Gasteiger partial charge is 1.00 e. The van der Waals surface area contributed by atoms with Crippen molar-refractivity contribution in [3.8, 4) is 0 Å². The topological polar surface area (TPSA) is 314 Å². The number of H-pyrrole nitrogens is 2. The van der Waals surface area contributed by atoms with Crippen molar-refractivity contribution < 1.29 is 66.9 Å². The summed E-state index contributed by atoms with van der Waals surface area (Å²) < 4.78 is 31.6. The number of nitrogens with one attached hydrogen (secondary N) is 2. The Labute approximate surface area is 171 Å². The molecule has 0 bridgehead atoms. The number of aromatic amines is 2. The number of carbonyl (C=O) groups excluding carboxylic acids is 1. The molecule has 0 fully saturated rings. The molecule has 2 rings (SSSR count). The molecule has 0 aromatic carbocycles. The summed E-state index contributed by atoms with van der Waals surface area (Å²) in [5, 5.41) is 38.3. The fourth-order valence-corrected chi connectivity index (χ4v) is 0.804. The zero-order valence-electron chi connectivity index (χ0n) is 13.4. The van der Waals surface area contributed by atoms with Crippen molar-refractivity contribution in [3.63, 3.8) is 0 Å². The number of nitrogens with zero attached hydrogens (tertiary/aromatic N) is 5. The van der Waals surface area contributed by atoms with Crippen LogP contribution in [0.4, 0.5) is 5.95 Å². The van der Waals surface area contributed by atoms with Crippen LogP contribution in [0.2, 0.25) is 0 Å². The summed E-state index contributed by atoms with van der Waals surface area (Å²) in [4.78, 5) is 34.8. The van der Waals surface area contributed by atoms with Crippen LogP contribution >= 0.6 is 0 Å². The molecule has 0 aliphatic carbocycles. The normalized spacial score (nSPS) is 8.85. The Morgan fingerprint density at radius 1 is 1.19 bits per heavy atom. The molecule has 0 unspecified atom stereocenters. The van der Waals surface area contributed by atoms with Gasteiger partial charge in [0.2, 0.25) is 11.8 Å². The van der Waals surface area contributed by atoms with E-state index in [0.717, 1.165) is 5.34 Å². The van der Waals surface area contributed by atoms with E-state index in [0.29, 0.717) is 5.82 Å². The number of rotatable bonds is 2. The number of hydrogen-bond acceptors (Lipinski definition) is 13. The van der Waals surface area contributed by atoms with Crippen molar-refractivity contribution in [2.24, 2.45) is 5.34 Å². The van der Waals surface area contributed by atoms with Crippen LogP contribution in [0, 0.1) is 17.0 Å². The first kappa shape index (κ1) is 29.1. The third-order valence-corrected chi connectivity index (χ3v) is 1.49. The number of carboxylic acids is 2. The quantitative estimate of drug-likeness (QED) is 0.114. The minimum Gasteiger partial charge on any atom is -0.541 e.